The Labute approximate surface area is 179 Å². The zero-order chi connectivity index (χ0) is 20.9. The second-order valence-electron chi connectivity index (χ2n) is 7.03. The predicted octanol–water partition coefficient (Wildman–Crippen LogP) is 5.99. The summed E-state index contributed by atoms with van der Waals surface area (Å²) in [6, 6.07) is 23.4. The van der Waals surface area contributed by atoms with Crippen LogP contribution in [0.2, 0.25) is 0 Å². The van der Waals surface area contributed by atoms with Crippen molar-refractivity contribution in [2.75, 3.05) is 0 Å². The van der Waals surface area contributed by atoms with Gasteiger partial charge in [-0.3, -0.25) is 0 Å². The lowest BCUT2D eigenvalue weighted by atomic mass is 10.0. The summed E-state index contributed by atoms with van der Waals surface area (Å²) in [5.74, 6) is -0.0949. The first-order valence-corrected chi connectivity index (χ1v) is 10.5. The molecule has 0 unspecified atom stereocenters. The molecule has 4 aromatic rings. The maximum atomic E-state index is 11.2. The third kappa shape index (κ3) is 4.58. The van der Waals surface area contributed by atoms with E-state index in [9.17, 15) is 9.90 Å². The molecule has 1 heterocycles. The van der Waals surface area contributed by atoms with Gasteiger partial charge in [0, 0.05) is 17.4 Å². The summed E-state index contributed by atoms with van der Waals surface area (Å²) in [4.78, 5) is 16.0. The molecule has 0 bridgehead atoms. The van der Waals surface area contributed by atoms with Gasteiger partial charge in [-0.05, 0) is 41.8 Å². The smallest absolute Gasteiger partial charge is 0.335 e. The summed E-state index contributed by atoms with van der Waals surface area (Å²) in [7, 11) is 0. The summed E-state index contributed by atoms with van der Waals surface area (Å²) in [6.45, 7) is 2.32. The molecule has 0 aliphatic carbocycles. The highest BCUT2D eigenvalue weighted by molar-refractivity contribution is 7.10. The molecule has 3 aromatic carbocycles. The van der Waals surface area contributed by atoms with Crippen LogP contribution >= 0.6 is 11.3 Å². The van der Waals surface area contributed by atoms with Gasteiger partial charge < -0.3 is 9.84 Å². The van der Waals surface area contributed by atoms with E-state index in [4.69, 9.17) is 9.72 Å². The molecule has 0 fully saturated rings. The van der Waals surface area contributed by atoms with Gasteiger partial charge >= 0.3 is 5.97 Å². The first-order valence-electron chi connectivity index (χ1n) is 9.63. The Morgan fingerprint density at radius 1 is 1.00 bits per heavy atom. The highest BCUT2D eigenvalue weighted by Gasteiger charge is 2.12. The average Bonchev–Trinajstić information content (AvgIpc) is 3.21. The second kappa shape index (κ2) is 8.93. The lowest BCUT2D eigenvalue weighted by molar-refractivity contribution is 0.0696. The quantitative estimate of drug-likeness (QED) is 0.403. The van der Waals surface area contributed by atoms with Crippen molar-refractivity contribution in [3.8, 4) is 17.0 Å². The number of aromatic nitrogens is 1. The van der Waals surface area contributed by atoms with E-state index in [1.54, 1.807) is 17.4 Å². The van der Waals surface area contributed by atoms with Gasteiger partial charge in [-0.15, -0.1) is 11.3 Å². The van der Waals surface area contributed by atoms with Crippen LogP contribution in [-0.2, 0) is 13.0 Å². The van der Waals surface area contributed by atoms with E-state index in [0.29, 0.717) is 18.6 Å². The summed E-state index contributed by atoms with van der Waals surface area (Å²) in [5.41, 5.74) is 5.11. The van der Waals surface area contributed by atoms with Crippen molar-refractivity contribution in [3.63, 3.8) is 0 Å². The SMILES string of the molecule is Cc1cc(Cc2nc(-c3ccccc3OCc3ccccc3)cs2)ccc1C(=O)O. The number of hydrogen-bond donors (Lipinski definition) is 1. The number of aromatic carboxylic acids is 1. The minimum absolute atomic E-state index is 0.336. The number of benzene rings is 3. The Morgan fingerprint density at radius 2 is 1.77 bits per heavy atom. The number of para-hydroxylation sites is 1. The topological polar surface area (TPSA) is 59.4 Å². The van der Waals surface area contributed by atoms with Gasteiger partial charge in [0.05, 0.1) is 16.3 Å². The third-order valence-corrected chi connectivity index (χ3v) is 5.68. The molecule has 0 atom stereocenters. The number of carboxylic acid groups (broad SMARTS) is 1. The minimum atomic E-state index is -0.900. The van der Waals surface area contributed by atoms with Crippen LogP contribution in [0.4, 0.5) is 0 Å². The first-order chi connectivity index (χ1) is 14.6. The average molecular weight is 416 g/mol. The molecule has 0 radical (unpaired) electrons. The molecule has 0 saturated carbocycles. The van der Waals surface area contributed by atoms with Crippen LogP contribution in [-0.4, -0.2) is 16.1 Å². The standard InChI is InChI=1S/C25H21NO3S/c1-17-13-19(11-12-20(17)25(27)28)14-24-26-22(16-30-24)21-9-5-6-10-23(21)29-15-18-7-3-2-4-8-18/h2-13,16H,14-15H2,1H3,(H,27,28). The largest absolute Gasteiger partial charge is 0.488 e. The highest BCUT2D eigenvalue weighted by Crippen LogP contribution is 2.32. The van der Waals surface area contributed by atoms with E-state index >= 15 is 0 Å². The van der Waals surface area contributed by atoms with Gasteiger partial charge in [0.1, 0.15) is 12.4 Å². The highest BCUT2D eigenvalue weighted by atomic mass is 32.1. The van der Waals surface area contributed by atoms with Gasteiger partial charge in [0.25, 0.3) is 0 Å². The summed E-state index contributed by atoms with van der Waals surface area (Å²) >= 11 is 1.60. The molecule has 0 aliphatic rings. The Hall–Kier alpha value is -3.44. The first kappa shape index (κ1) is 19.9. The minimum Gasteiger partial charge on any atom is -0.488 e. The van der Waals surface area contributed by atoms with E-state index in [1.165, 1.54) is 0 Å². The monoisotopic (exact) mass is 415 g/mol. The Kier molecular flexibility index (Phi) is 5.91. The fourth-order valence-electron chi connectivity index (χ4n) is 3.31. The maximum Gasteiger partial charge on any atom is 0.335 e. The Balaban J connectivity index is 1.51. The molecule has 0 spiro atoms. The van der Waals surface area contributed by atoms with Crippen LogP contribution in [0.1, 0.15) is 32.1 Å². The van der Waals surface area contributed by atoms with Gasteiger partial charge in [-0.25, -0.2) is 9.78 Å². The normalized spacial score (nSPS) is 10.7. The third-order valence-electron chi connectivity index (χ3n) is 4.83. The summed E-state index contributed by atoms with van der Waals surface area (Å²) in [6.07, 6.45) is 0.665. The van der Waals surface area contributed by atoms with Crippen molar-refractivity contribution < 1.29 is 14.6 Å². The zero-order valence-electron chi connectivity index (χ0n) is 16.5. The maximum absolute atomic E-state index is 11.2. The second-order valence-corrected chi connectivity index (χ2v) is 7.97. The molecule has 1 aromatic heterocycles. The van der Waals surface area contributed by atoms with Crippen LogP contribution < -0.4 is 4.74 Å². The van der Waals surface area contributed by atoms with Crippen molar-refractivity contribution in [2.24, 2.45) is 0 Å². The van der Waals surface area contributed by atoms with Crippen LogP contribution in [0.3, 0.4) is 0 Å². The number of aryl methyl sites for hydroxylation is 1. The van der Waals surface area contributed by atoms with E-state index in [-0.39, 0.29) is 0 Å². The lowest BCUT2D eigenvalue weighted by Gasteiger charge is -2.10. The van der Waals surface area contributed by atoms with Crippen molar-refractivity contribution in [1.82, 2.24) is 4.98 Å². The molecular weight excluding hydrogens is 394 g/mol. The Morgan fingerprint density at radius 3 is 2.53 bits per heavy atom. The van der Waals surface area contributed by atoms with Crippen LogP contribution in [0.5, 0.6) is 5.75 Å². The Bertz CT molecular complexity index is 1170. The van der Waals surface area contributed by atoms with Gasteiger partial charge in [0.15, 0.2) is 0 Å². The number of carbonyl (C=O) groups is 1. The molecule has 4 nitrogen and oxygen atoms in total. The lowest BCUT2D eigenvalue weighted by Crippen LogP contribution is -2.00. The number of thiazole rings is 1. The fraction of sp³-hybridized carbons (Fsp3) is 0.120. The number of ether oxygens (including phenoxy) is 1. The van der Waals surface area contributed by atoms with Crippen molar-refractivity contribution in [1.29, 1.82) is 0 Å². The number of hydrogen-bond acceptors (Lipinski definition) is 4. The molecule has 0 saturated heterocycles. The molecule has 150 valence electrons. The van der Waals surface area contributed by atoms with E-state index in [2.05, 4.69) is 0 Å². The molecule has 1 N–H and O–H groups in total. The fourth-order valence-corrected chi connectivity index (χ4v) is 4.13. The van der Waals surface area contributed by atoms with E-state index in [0.717, 1.165) is 38.7 Å². The van der Waals surface area contributed by atoms with Crippen LogP contribution in [0, 0.1) is 6.92 Å². The van der Waals surface area contributed by atoms with Crippen molar-refractivity contribution in [3.05, 3.63) is 105 Å². The summed E-state index contributed by atoms with van der Waals surface area (Å²) < 4.78 is 6.07. The van der Waals surface area contributed by atoms with Crippen LogP contribution in [0.25, 0.3) is 11.3 Å². The molecule has 0 aliphatic heterocycles. The number of carboxylic acids is 1. The number of nitrogens with zero attached hydrogens (tertiary/aromatic N) is 1. The molecule has 0 amide bonds. The molecule has 30 heavy (non-hydrogen) atoms. The predicted molar refractivity (Wildman–Crippen MR) is 119 cm³/mol. The van der Waals surface area contributed by atoms with Crippen molar-refractivity contribution >= 4 is 17.3 Å². The van der Waals surface area contributed by atoms with Gasteiger partial charge in [-0.1, -0.05) is 54.6 Å². The summed E-state index contributed by atoms with van der Waals surface area (Å²) in [5, 5.41) is 12.2. The molecule has 5 heteroatoms. The molecular formula is C25H21NO3S. The van der Waals surface area contributed by atoms with Gasteiger partial charge in [0.2, 0.25) is 0 Å². The number of rotatable bonds is 7. The van der Waals surface area contributed by atoms with E-state index in [1.807, 2.05) is 79.0 Å². The van der Waals surface area contributed by atoms with E-state index < -0.39 is 5.97 Å². The zero-order valence-corrected chi connectivity index (χ0v) is 17.4. The van der Waals surface area contributed by atoms with Crippen LogP contribution in [0.15, 0.2) is 78.2 Å². The van der Waals surface area contributed by atoms with Gasteiger partial charge in [-0.2, -0.15) is 0 Å². The van der Waals surface area contributed by atoms with Crippen molar-refractivity contribution in [2.45, 2.75) is 20.0 Å². The molecule has 4 rings (SSSR count).